The first-order valence-electron chi connectivity index (χ1n) is 4.99. The maximum Gasteiger partial charge on any atom is 0.145 e. The van der Waals surface area contributed by atoms with Gasteiger partial charge in [0, 0.05) is 5.02 Å². The Kier molecular flexibility index (Phi) is 3.27. The van der Waals surface area contributed by atoms with E-state index < -0.39 is 0 Å². The van der Waals surface area contributed by atoms with Gasteiger partial charge >= 0.3 is 0 Å². The van der Waals surface area contributed by atoms with Gasteiger partial charge in [0.15, 0.2) is 0 Å². The zero-order chi connectivity index (χ0) is 12.3. The predicted molar refractivity (Wildman–Crippen MR) is 65.2 cm³/mol. The molecular weight excluding hydrogens is 236 g/mol. The second-order valence-corrected chi connectivity index (χ2v) is 3.94. The summed E-state index contributed by atoms with van der Waals surface area (Å²) in [5, 5.41) is 9.30. The van der Waals surface area contributed by atoms with Crippen molar-refractivity contribution in [2.24, 2.45) is 0 Å². The quantitative estimate of drug-likeness (QED) is 0.809. The fourth-order valence-corrected chi connectivity index (χ4v) is 1.59. The number of ether oxygens (including phenoxy) is 1. The number of pyridine rings is 1. The molecule has 2 rings (SSSR count). The van der Waals surface area contributed by atoms with Crippen LogP contribution in [0.15, 0.2) is 36.5 Å². The van der Waals surface area contributed by atoms with Crippen LogP contribution in [0.25, 0.3) is 0 Å². The third-order valence-corrected chi connectivity index (χ3v) is 2.45. The molecule has 17 heavy (non-hydrogen) atoms. The summed E-state index contributed by atoms with van der Waals surface area (Å²) in [6.45, 7) is 1.91. The molecule has 0 aliphatic rings. The topological polar surface area (TPSA) is 45.9 Å². The Hall–Kier alpha value is -2.05. The minimum atomic E-state index is 0.366. The molecule has 0 amide bonds. The molecule has 0 N–H and O–H groups in total. The molecule has 2 aromatic rings. The normalized spacial score (nSPS) is 9.71. The Bertz CT molecular complexity index is 573. The third-order valence-electron chi connectivity index (χ3n) is 2.22. The van der Waals surface area contributed by atoms with Gasteiger partial charge in [0.1, 0.15) is 23.3 Å². The van der Waals surface area contributed by atoms with Gasteiger partial charge in [-0.25, -0.2) is 4.98 Å². The number of hydrogen-bond acceptors (Lipinski definition) is 3. The SMILES string of the molecule is Cc1cc(Cl)ccc1Oc1ccc(C#N)nc1. The molecule has 0 aliphatic carbocycles. The molecule has 0 fully saturated rings. The van der Waals surface area contributed by atoms with Crippen LogP contribution in [0.3, 0.4) is 0 Å². The summed E-state index contributed by atoms with van der Waals surface area (Å²) >= 11 is 5.86. The van der Waals surface area contributed by atoms with Crippen LogP contribution in [0.4, 0.5) is 0 Å². The summed E-state index contributed by atoms with van der Waals surface area (Å²) in [5.41, 5.74) is 1.31. The molecule has 0 radical (unpaired) electrons. The van der Waals surface area contributed by atoms with Crippen LogP contribution in [0, 0.1) is 18.3 Å². The first-order chi connectivity index (χ1) is 8.19. The zero-order valence-electron chi connectivity index (χ0n) is 9.14. The monoisotopic (exact) mass is 244 g/mol. The molecule has 1 aromatic carbocycles. The molecule has 4 heteroatoms. The highest BCUT2D eigenvalue weighted by atomic mass is 35.5. The largest absolute Gasteiger partial charge is 0.455 e. The van der Waals surface area contributed by atoms with Gasteiger partial charge in [0.2, 0.25) is 0 Å². The number of aromatic nitrogens is 1. The van der Waals surface area contributed by atoms with E-state index in [9.17, 15) is 0 Å². The van der Waals surface area contributed by atoms with Gasteiger partial charge in [-0.1, -0.05) is 11.6 Å². The Morgan fingerprint density at radius 3 is 2.71 bits per heavy atom. The van der Waals surface area contributed by atoms with E-state index in [-0.39, 0.29) is 0 Å². The van der Waals surface area contributed by atoms with Crippen molar-refractivity contribution in [3.05, 3.63) is 52.8 Å². The van der Waals surface area contributed by atoms with E-state index >= 15 is 0 Å². The summed E-state index contributed by atoms with van der Waals surface area (Å²) in [7, 11) is 0. The fraction of sp³-hybridized carbons (Fsp3) is 0.0769. The van der Waals surface area contributed by atoms with Gasteiger partial charge < -0.3 is 4.74 Å². The Labute approximate surface area is 104 Å². The molecule has 0 saturated heterocycles. The first-order valence-corrected chi connectivity index (χ1v) is 5.37. The van der Waals surface area contributed by atoms with Crippen LogP contribution in [-0.4, -0.2) is 4.98 Å². The van der Waals surface area contributed by atoms with Gasteiger partial charge in [0.25, 0.3) is 0 Å². The zero-order valence-corrected chi connectivity index (χ0v) is 9.90. The second kappa shape index (κ2) is 4.86. The Balaban J connectivity index is 2.23. The van der Waals surface area contributed by atoms with Crippen LogP contribution >= 0.6 is 11.6 Å². The summed E-state index contributed by atoms with van der Waals surface area (Å²) in [5.74, 6) is 1.32. The minimum Gasteiger partial charge on any atom is -0.455 e. The Morgan fingerprint density at radius 2 is 2.12 bits per heavy atom. The van der Waals surface area contributed by atoms with Crippen molar-refractivity contribution in [3.63, 3.8) is 0 Å². The number of rotatable bonds is 2. The van der Waals surface area contributed by atoms with Crippen molar-refractivity contribution in [2.75, 3.05) is 0 Å². The van der Waals surface area contributed by atoms with Crippen LogP contribution in [0.1, 0.15) is 11.3 Å². The first kappa shape index (κ1) is 11.4. The van der Waals surface area contributed by atoms with Crippen molar-refractivity contribution in [1.29, 1.82) is 5.26 Å². The molecule has 3 nitrogen and oxygen atoms in total. The van der Waals surface area contributed by atoms with Gasteiger partial charge in [-0.3, -0.25) is 0 Å². The third kappa shape index (κ3) is 2.74. The Morgan fingerprint density at radius 1 is 1.29 bits per heavy atom. The van der Waals surface area contributed by atoms with Crippen molar-refractivity contribution < 1.29 is 4.74 Å². The van der Waals surface area contributed by atoms with E-state index in [0.29, 0.717) is 16.5 Å². The molecule has 1 aromatic heterocycles. The highest BCUT2D eigenvalue weighted by molar-refractivity contribution is 6.30. The highest BCUT2D eigenvalue weighted by Crippen LogP contribution is 2.26. The van der Waals surface area contributed by atoms with Crippen molar-refractivity contribution in [1.82, 2.24) is 4.98 Å². The average molecular weight is 245 g/mol. The van der Waals surface area contributed by atoms with Gasteiger partial charge in [-0.15, -0.1) is 0 Å². The molecule has 0 spiro atoms. The lowest BCUT2D eigenvalue weighted by Crippen LogP contribution is -1.89. The molecule has 0 aliphatic heterocycles. The lowest BCUT2D eigenvalue weighted by molar-refractivity contribution is 0.476. The van der Waals surface area contributed by atoms with Crippen LogP contribution in [0.2, 0.25) is 5.02 Å². The van der Waals surface area contributed by atoms with Gasteiger partial charge in [-0.2, -0.15) is 5.26 Å². The van der Waals surface area contributed by atoms with E-state index in [1.54, 1.807) is 24.3 Å². The number of benzene rings is 1. The highest BCUT2D eigenvalue weighted by Gasteiger charge is 2.02. The van der Waals surface area contributed by atoms with Gasteiger partial charge in [0.05, 0.1) is 6.20 Å². The van der Waals surface area contributed by atoms with E-state index in [4.69, 9.17) is 21.6 Å². The van der Waals surface area contributed by atoms with E-state index in [0.717, 1.165) is 11.3 Å². The molecule has 0 atom stereocenters. The fourth-order valence-electron chi connectivity index (χ4n) is 1.36. The van der Waals surface area contributed by atoms with Gasteiger partial charge in [-0.05, 0) is 42.8 Å². The van der Waals surface area contributed by atoms with Crippen LogP contribution in [0.5, 0.6) is 11.5 Å². The maximum atomic E-state index is 8.62. The van der Waals surface area contributed by atoms with E-state index in [1.165, 1.54) is 6.20 Å². The van der Waals surface area contributed by atoms with E-state index in [2.05, 4.69) is 4.98 Å². The lowest BCUT2D eigenvalue weighted by Gasteiger charge is -2.08. The summed E-state index contributed by atoms with van der Waals surface area (Å²) < 4.78 is 5.63. The van der Waals surface area contributed by atoms with Crippen LogP contribution < -0.4 is 4.74 Å². The molecule has 0 unspecified atom stereocenters. The molecule has 0 saturated carbocycles. The minimum absolute atomic E-state index is 0.366. The molecule has 84 valence electrons. The molecular formula is C13H9ClN2O. The molecule has 1 heterocycles. The standard InChI is InChI=1S/C13H9ClN2O/c1-9-6-10(14)2-5-13(9)17-12-4-3-11(7-15)16-8-12/h2-6,8H,1H3. The number of nitrogens with zero attached hydrogens (tertiary/aromatic N) is 2. The summed E-state index contributed by atoms with van der Waals surface area (Å²) in [6, 6.07) is 10.7. The van der Waals surface area contributed by atoms with E-state index in [1.807, 2.05) is 19.1 Å². The summed E-state index contributed by atoms with van der Waals surface area (Å²) in [6.07, 6.45) is 1.52. The number of aryl methyl sites for hydroxylation is 1. The van der Waals surface area contributed by atoms with Crippen molar-refractivity contribution in [2.45, 2.75) is 6.92 Å². The molecule has 0 bridgehead atoms. The number of hydrogen-bond donors (Lipinski definition) is 0. The second-order valence-electron chi connectivity index (χ2n) is 3.50. The van der Waals surface area contributed by atoms with Crippen molar-refractivity contribution >= 4 is 11.6 Å². The smallest absolute Gasteiger partial charge is 0.145 e. The summed E-state index contributed by atoms with van der Waals surface area (Å²) in [4.78, 5) is 3.93. The number of halogens is 1. The predicted octanol–water partition coefficient (Wildman–Crippen LogP) is 3.71. The van der Waals surface area contributed by atoms with Crippen molar-refractivity contribution in [3.8, 4) is 17.6 Å². The number of nitriles is 1. The maximum absolute atomic E-state index is 8.62. The van der Waals surface area contributed by atoms with Crippen LogP contribution in [-0.2, 0) is 0 Å². The average Bonchev–Trinajstić information content (AvgIpc) is 2.34. The lowest BCUT2D eigenvalue weighted by atomic mass is 10.2.